The van der Waals surface area contributed by atoms with Crippen molar-refractivity contribution >= 4 is 12.0 Å². The second-order valence-electron chi connectivity index (χ2n) is 2.49. The number of hydrogen-bond acceptors (Lipinski definition) is 2. The lowest BCUT2D eigenvalue weighted by atomic mass is 10.3. The normalized spacial score (nSPS) is 10.3. The van der Waals surface area contributed by atoms with E-state index in [1.165, 1.54) is 0 Å². The lowest BCUT2D eigenvalue weighted by molar-refractivity contribution is 0.416. The summed E-state index contributed by atoms with van der Waals surface area (Å²) in [6.45, 7) is 2.90. The van der Waals surface area contributed by atoms with Crippen molar-refractivity contribution in [3.8, 4) is 5.75 Å². The van der Waals surface area contributed by atoms with Gasteiger partial charge in [0.1, 0.15) is 11.4 Å². The van der Waals surface area contributed by atoms with Crippen LogP contribution >= 0.6 is 0 Å². The Morgan fingerprint density at radius 2 is 2.23 bits per heavy atom. The van der Waals surface area contributed by atoms with E-state index in [-0.39, 0.29) is 0 Å². The second-order valence-corrected chi connectivity index (χ2v) is 2.49. The first-order valence-electron chi connectivity index (χ1n) is 4.27. The average molecular weight is 178 g/mol. The van der Waals surface area contributed by atoms with Crippen LogP contribution in [0.15, 0.2) is 29.3 Å². The Labute approximate surface area is 78.4 Å². The topological polar surface area (TPSA) is 33.6 Å². The van der Waals surface area contributed by atoms with Gasteiger partial charge in [0.05, 0.1) is 13.4 Å². The molecule has 0 saturated carbocycles. The molecule has 1 aromatic carbocycles. The minimum Gasteiger partial charge on any atom is -0.494 e. The van der Waals surface area contributed by atoms with E-state index in [0.29, 0.717) is 0 Å². The maximum absolute atomic E-state index is 5.13. The Balaban J connectivity index is 2.74. The summed E-state index contributed by atoms with van der Waals surface area (Å²) in [5, 5.41) is 3.00. The zero-order chi connectivity index (χ0) is 9.52. The summed E-state index contributed by atoms with van der Waals surface area (Å²) >= 11 is 0. The third kappa shape index (κ3) is 2.78. The van der Waals surface area contributed by atoms with Crippen LogP contribution in [0.3, 0.4) is 0 Å². The molecule has 0 aliphatic heterocycles. The largest absolute Gasteiger partial charge is 0.494 e. The van der Waals surface area contributed by atoms with Crippen LogP contribution in [0.25, 0.3) is 0 Å². The molecule has 0 unspecified atom stereocenters. The molecule has 0 amide bonds. The average Bonchev–Trinajstić information content (AvgIpc) is 2.19. The fraction of sp³-hybridized carbons (Fsp3) is 0.300. The van der Waals surface area contributed by atoms with Gasteiger partial charge in [-0.05, 0) is 19.1 Å². The van der Waals surface area contributed by atoms with Gasteiger partial charge in [-0.2, -0.15) is 0 Å². The van der Waals surface area contributed by atoms with Crippen molar-refractivity contribution in [2.75, 3.05) is 13.7 Å². The molecule has 3 nitrogen and oxygen atoms in total. The molecule has 0 aromatic heterocycles. The van der Waals surface area contributed by atoms with E-state index in [9.17, 15) is 0 Å². The molecule has 13 heavy (non-hydrogen) atoms. The summed E-state index contributed by atoms with van der Waals surface area (Å²) in [6.07, 6.45) is 1.68. The van der Waals surface area contributed by atoms with E-state index >= 15 is 0 Å². The maximum Gasteiger partial charge on any atom is 0.144 e. The summed E-state index contributed by atoms with van der Waals surface area (Å²) in [5.74, 6) is 0.789. The Hall–Kier alpha value is -1.51. The van der Waals surface area contributed by atoms with E-state index < -0.39 is 0 Å². The van der Waals surface area contributed by atoms with Gasteiger partial charge in [-0.15, -0.1) is 0 Å². The van der Waals surface area contributed by atoms with Gasteiger partial charge in [0.2, 0.25) is 0 Å². The van der Waals surface area contributed by atoms with Gasteiger partial charge in [-0.1, -0.05) is 12.1 Å². The third-order valence-electron chi connectivity index (χ3n) is 1.58. The summed E-state index contributed by atoms with van der Waals surface area (Å²) in [6, 6.07) is 7.65. The standard InChI is InChI=1S/C10H14N2O/c1-3-11-8-12-9-6-4-5-7-10(9)13-2/h4-8H,3H2,1-2H3,(H,11,12). The number of methoxy groups -OCH3 is 1. The molecule has 1 N–H and O–H groups in total. The lowest BCUT2D eigenvalue weighted by Gasteiger charge is -2.02. The van der Waals surface area contributed by atoms with Gasteiger partial charge in [-0.25, -0.2) is 4.99 Å². The smallest absolute Gasteiger partial charge is 0.144 e. The monoisotopic (exact) mass is 178 g/mol. The Kier molecular flexibility index (Phi) is 3.82. The molecule has 0 saturated heterocycles. The quantitative estimate of drug-likeness (QED) is 0.565. The molecule has 0 atom stereocenters. The van der Waals surface area contributed by atoms with E-state index in [1.807, 2.05) is 31.2 Å². The summed E-state index contributed by atoms with van der Waals surface area (Å²) in [5.41, 5.74) is 0.839. The number of benzene rings is 1. The minimum atomic E-state index is 0.789. The van der Waals surface area contributed by atoms with Crippen molar-refractivity contribution in [2.24, 2.45) is 4.99 Å². The highest BCUT2D eigenvalue weighted by Crippen LogP contribution is 2.25. The minimum absolute atomic E-state index is 0.789. The number of ether oxygens (including phenoxy) is 1. The fourth-order valence-corrected chi connectivity index (χ4v) is 0.943. The lowest BCUT2D eigenvalue weighted by Crippen LogP contribution is -2.08. The molecule has 1 aromatic rings. The molecule has 0 fully saturated rings. The van der Waals surface area contributed by atoms with Crippen molar-refractivity contribution in [3.05, 3.63) is 24.3 Å². The zero-order valence-corrected chi connectivity index (χ0v) is 7.95. The summed E-state index contributed by atoms with van der Waals surface area (Å²) < 4.78 is 5.13. The van der Waals surface area contributed by atoms with Crippen LogP contribution in [0, 0.1) is 0 Å². The van der Waals surface area contributed by atoms with Crippen LogP contribution < -0.4 is 10.1 Å². The van der Waals surface area contributed by atoms with Gasteiger partial charge in [0.15, 0.2) is 0 Å². The van der Waals surface area contributed by atoms with Crippen molar-refractivity contribution in [2.45, 2.75) is 6.92 Å². The first kappa shape index (κ1) is 9.58. The molecule has 3 heteroatoms. The third-order valence-corrected chi connectivity index (χ3v) is 1.58. The number of aliphatic imine (C=N–C) groups is 1. The van der Waals surface area contributed by atoms with E-state index in [4.69, 9.17) is 4.74 Å². The van der Waals surface area contributed by atoms with Gasteiger partial charge in [0.25, 0.3) is 0 Å². The van der Waals surface area contributed by atoms with Crippen molar-refractivity contribution in [3.63, 3.8) is 0 Å². The van der Waals surface area contributed by atoms with Crippen LogP contribution in [0.1, 0.15) is 6.92 Å². The summed E-state index contributed by atoms with van der Waals surface area (Å²) in [7, 11) is 1.64. The van der Waals surface area contributed by atoms with E-state index in [2.05, 4.69) is 10.3 Å². The van der Waals surface area contributed by atoms with Gasteiger partial charge in [0, 0.05) is 6.54 Å². The first-order valence-corrected chi connectivity index (χ1v) is 4.27. The highest BCUT2D eigenvalue weighted by atomic mass is 16.5. The number of nitrogens with one attached hydrogen (secondary N) is 1. The molecule has 0 heterocycles. The number of hydrogen-bond donors (Lipinski definition) is 1. The molecule has 0 bridgehead atoms. The predicted octanol–water partition coefficient (Wildman–Crippen LogP) is 1.96. The van der Waals surface area contributed by atoms with Crippen LogP contribution in [0.2, 0.25) is 0 Å². The van der Waals surface area contributed by atoms with Crippen molar-refractivity contribution < 1.29 is 4.74 Å². The Morgan fingerprint density at radius 1 is 1.46 bits per heavy atom. The number of para-hydroxylation sites is 2. The fourth-order valence-electron chi connectivity index (χ4n) is 0.943. The van der Waals surface area contributed by atoms with E-state index in [1.54, 1.807) is 13.4 Å². The van der Waals surface area contributed by atoms with Crippen LogP contribution in [0.5, 0.6) is 5.75 Å². The molecular formula is C10H14N2O. The molecule has 0 spiro atoms. The number of rotatable bonds is 4. The van der Waals surface area contributed by atoms with Crippen LogP contribution in [-0.4, -0.2) is 20.0 Å². The van der Waals surface area contributed by atoms with Crippen molar-refractivity contribution in [1.82, 2.24) is 5.32 Å². The highest BCUT2D eigenvalue weighted by Gasteiger charge is 1.96. The molecule has 70 valence electrons. The Bertz CT molecular complexity index is 284. The zero-order valence-electron chi connectivity index (χ0n) is 7.95. The van der Waals surface area contributed by atoms with Gasteiger partial charge in [-0.3, -0.25) is 0 Å². The van der Waals surface area contributed by atoms with Crippen LogP contribution in [0.4, 0.5) is 5.69 Å². The summed E-state index contributed by atoms with van der Waals surface area (Å²) in [4.78, 5) is 4.21. The van der Waals surface area contributed by atoms with Crippen LogP contribution in [-0.2, 0) is 0 Å². The van der Waals surface area contributed by atoms with Gasteiger partial charge < -0.3 is 10.1 Å². The SMILES string of the molecule is CCNC=Nc1ccccc1OC. The van der Waals surface area contributed by atoms with Crippen molar-refractivity contribution in [1.29, 1.82) is 0 Å². The van der Waals surface area contributed by atoms with Gasteiger partial charge >= 0.3 is 0 Å². The molecule has 0 aliphatic rings. The Morgan fingerprint density at radius 3 is 2.92 bits per heavy atom. The van der Waals surface area contributed by atoms with E-state index in [0.717, 1.165) is 18.0 Å². The molecule has 0 radical (unpaired) electrons. The molecule has 1 rings (SSSR count). The predicted molar refractivity (Wildman–Crippen MR) is 54.8 cm³/mol. The number of nitrogens with zero attached hydrogens (tertiary/aromatic N) is 1. The first-order chi connectivity index (χ1) is 6.38. The maximum atomic E-state index is 5.13. The highest BCUT2D eigenvalue weighted by molar-refractivity contribution is 5.64. The second kappa shape index (κ2) is 5.19. The molecule has 0 aliphatic carbocycles. The molecular weight excluding hydrogens is 164 g/mol.